The van der Waals surface area contributed by atoms with Gasteiger partial charge in [-0.2, -0.15) is 0 Å². The molecule has 0 bridgehead atoms. The van der Waals surface area contributed by atoms with E-state index in [9.17, 15) is 0 Å². The van der Waals surface area contributed by atoms with Crippen LogP contribution < -0.4 is 15.4 Å². The largest absolute Gasteiger partial charge is 0.497 e. The average molecular weight is 281 g/mol. The first-order chi connectivity index (χ1) is 10.2. The number of nitrogens with zero attached hydrogens (tertiary/aromatic N) is 2. The summed E-state index contributed by atoms with van der Waals surface area (Å²) in [5.41, 5.74) is 9.57. The number of benzene rings is 2. The minimum absolute atomic E-state index is 0.137. The van der Waals surface area contributed by atoms with Gasteiger partial charge in [0.25, 0.3) is 0 Å². The summed E-state index contributed by atoms with van der Waals surface area (Å²) in [6.45, 7) is 2.75. The van der Waals surface area contributed by atoms with E-state index in [0.29, 0.717) is 12.5 Å². The van der Waals surface area contributed by atoms with Crippen LogP contribution >= 0.6 is 0 Å². The fourth-order valence-corrected chi connectivity index (χ4v) is 2.67. The molecule has 1 aliphatic heterocycles. The molecule has 0 saturated carbocycles. The zero-order valence-electron chi connectivity index (χ0n) is 12.3. The summed E-state index contributed by atoms with van der Waals surface area (Å²) in [5, 5.41) is 0. The van der Waals surface area contributed by atoms with Gasteiger partial charge in [0, 0.05) is 5.69 Å². The number of methoxy groups -OCH3 is 1. The molecule has 4 heteroatoms. The predicted molar refractivity (Wildman–Crippen MR) is 85.9 cm³/mol. The molecule has 0 fully saturated rings. The van der Waals surface area contributed by atoms with Gasteiger partial charge in [-0.15, -0.1) is 0 Å². The van der Waals surface area contributed by atoms with Crippen LogP contribution in [0.25, 0.3) is 0 Å². The van der Waals surface area contributed by atoms with E-state index < -0.39 is 0 Å². The lowest BCUT2D eigenvalue weighted by atomic mass is 10.0. The van der Waals surface area contributed by atoms with Crippen LogP contribution in [0.3, 0.4) is 0 Å². The Morgan fingerprint density at radius 1 is 1.19 bits per heavy atom. The van der Waals surface area contributed by atoms with Crippen molar-refractivity contribution in [2.75, 3.05) is 18.6 Å². The third-order valence-corrected chi connectivity index (χ3v) is 3.77. The van der Waals surface area contributed by atoms with Crippen molar-refractivity contribution in [3.05, 3.63) is 59.7 Å². The molecule has 108 valence electrons. The SMILES string of the molecule is COc1ccc(C2CN=C(N)N2c2cccc(C)c2)cc1. The van der Waals surface area contributed by atoms with Gasteiger partial charge in [0.15, 0.2) is 5.96 Å². The summed E-state index contributed by atoms with van der Waals surface area (Å²) in [6.07, 6.45) is 0. The van der Waals surface area contributed by atoms with Crippen molar-refractivity contribution >= 4 is 11.6 Å². The Morgan fingerprint density at radius 2 is 1.95 bits per heavy atom. The highest BCUT2D eigenvalue weighted by Crippen LogP contribution is 2.32. The van der Waals surface area contributed by atoms with Gasteiger partial charge >= 0.3 is 0 Å². The van der Waals surface area contributed by atoms with E-state index in [4.69, 9.17) is 10.5 Å². The van der Waals surface area contributed by atoms with Gasteiger partial charge in [0.05, 0.1) is 19.7 Å². The maximum atomic E-state index is 6.10. The smallest absolute Gasteiger partial charge is 0.196 e. The van der Waals surface area contributed by atoms with Crippen molar-refractivity contribution in [3.8, 4) is 5.75 Å². The molecule has 1 atom stereocenters. The molecular formula is C17H19N3O. The van der Waals surface area contributed by atoms with E-state index in [0.717, 1.165) is 11.4 Å². The maximum Gasteiger partial charge on any atom is 0.196 e. The van der Waals surface area contributed by atoms with Gasteiger partial charge in [-0.05, 0) is 42.3 Å². The van der Waals surface area contributed by atoms with Crippen LogP contribution in [0.15, 0.2) is 53.5 Å². The van der Waals surface area contributed by atoms with Crippen molar-refractivity contribution in [1.82, 2.24) is 0 Å². The first-order valence-electron chi connectivity index (χ1n) is 6.99. The highest BCUT2D eigenvalue weighted by Gasteiger charge is 2.28. The summed E-state index contributed by atoms with van der Waals surface area (Å²) in [6, 6.07) is 16.5. The normalized spacial score (nSPS) is 17.7. The Bertz CT molecular complexity index is 664. The van der Waals surface area contributed by atoms with Crippen LogP contribution in [-0.4, -0.2) is 19.6 Å². The minimum atomic E-state index is 0.137. The molecule has 0 aromatic heterocycles. The zero-order valence-corrected chi connectivity index (χ0v) is 12.3. The zero-order chi connectivity index (χ0) is 14.8. The number of hydrogen-bond donors (Lipinski definition) is 1. The van der Waals surface area contributed by atoms with Gasteiger partial charge in [0.2, 0.25) is 0 Å². The number of nitrogens with two attached hydrogens (primary N) is 1. The fraction of sp³-hybridized carbons (Fsp3) is 0.235. The first-order valence-corrected chi connectivity index (χ1v) is 6.99. The molecule has 2 aromatic rings. The number of ether oxygens (including phenoxy) is 1. The Morgan fingerprint density at radius 3 is 2.62 bits per heavy atom. The fourth-order valence-electron chi connectivity index (χ4n) is 2.67. The van der Waals surface area contributed by atoms with Crippen molar-refractivity contribution in [3.63, 3.8) is 0 Å². The van der Waals surface area contributed by atoms with Gasteiger partial charge in [-0.3, -0.25) is 4.99 Å². The van der Waals surface area contributed by atoms with Crippen LogP contribution in [0.4, 0.5) is 5.69 Å². The highest BCUT2D eigenvalue weighted by molar-refractivity contribution is 5.97. The predicted octanol–water partition coefficient (Wildman–Crippen LogP) is 2.88. The Hall–Kier alpha value is -2.49. The van der Waals surface area contributed by atoms with Crippen molar-refractivity contribution in [2.45, 2.75) is 13.0 Å². The molecule has 21 heavy (non-hydrogen) atoms. The van der Waals surface area contributed by atoms with Gasteiger partial charge in [-0.25, -0.2) is 0 Å². The molecular weight excluding hydrogens is 262 g/mol. The minimum Gasteiger partial charge on any atom is -0.497 e. The molecule has 1 aliphatic rings. The Balaban J connectivity index is 1.94. The summed E-state index contributed by atoms with van der Waals surface area (Å²) in [4.78, 5) is 6.51. The number of anilines is 1. The number of guanidine groups is 1. The lowest BCUT2D eigenvalue weighted by Crippen LogP contribution is -2.36. The lowest BCUT2D eigenvalue weighted by Gasteiger charge is -2.27. The van der Waals surface area contributed by atoms with Gasteiger partial charge < -0.3 is 15.4 Å². The van der Waals surface area contributed by atoms with E-state index in [-0.39, 0.29) is 6.04 Å². The maximum absolute atomic E-state index is 6.10. The summed E-state index contributed by atoms with van der Waals surface area (Å²) in [7, 11) is 1.67. The quantitative estimate of drug-likeness (QED) is 0.941. The van der Waals surface area contributed by atoms with Crippen molar-refractivity contribution in [1.29, 1.82) is 0 Å². The van der Waals surface area contributed by atoms with Crippen LogP contribution in [0.2, 0.25) is 0 Å². The van der Waals surface area contributed by atoms with E-state index in [2.05, 4.69) is 47.1 Å². The third kappa shape index (κ3) is 2.57. The number of aliphatic imine (C=N–C) groups is 1. The molecule has 4 nitrogen and oxygen atoms in total. The molecule has 0 aliphatic carbocycles. The van der Waals surface area contributed by atoms with Crippen molar-refractivity contribution < 1.29 is 4.74 Å². The molecule has 2 aromatic carbocycles. The summed E-state index contributed by atoms with van der Waals surface area (Å²) < 4.78 is 5.21. The van der Waals surface area contributed by atoms with E-state index >= 15 is 0 Å². The Kier molecular flexibility index (Phi) is 3.52. The third-order valence-electron chi connectivity index (χ3n) is 3.77. The van der Waals surface area contributed by atoms with Crippen molar-refractivity contribution in [2.24, 2.45) is 10.7 Å². The second kappa shape index (κ2) is 5.48. The molecule has 1 heterocycles. The Labute approximate surface area is 124 Å². The highest BCUT2D eigenvalue weighted by atomic mass is 16.5. The molecule has 0 radical (unpaired) electrons. The van der Waals surface area contributed by atoms with E-state index in [1.54, 1.807) is 7.11 Å². The second-order valence-corrected chi connectivity index (χ2v) is 5.20. The lowest BCUT2D eigenvalue weighted by molar-refractivity contribution is 0.414. The van der Waals surface area contributed by atoms with Gasteiger partial charge in [0.1, 0.15) is 5.75 Å². The topological polar surface area (TPSA) is 50.9 Å². The van der Waals surface area contributed by atoms with Crippen LogP contribution in [0, 0.1) is 6.92 Å². The average Bonchev–Trinajstić information content (AvgIpc) is 2.89. The second-order valence-electron chi connectivity index (χ2n) is 5.20. The van der Waals surface area contributed by atoms with Crippen LogP contribution in [0.5, 0.6) is 5.75 Å². The molecule has 0 spiro atoms. The number of aryl methyl sites for hydroxylation is 1. The monoisotopic (exact) mass is 281 g/mol. The first kappa shape index (κ1) is 13.5. The van der Waals surface area contributed by atoms with E-state index in [1.807, 2.05) is 18.2 Å². The molecule has 0 amide bonds. The van der Waals surface area contributed by atoms with Gasteiger partial charge in [-0.1, -0.05) is 24.3 Å². The standard InChI is InChI=1S/C17H19N3O/c1-12-4-3-5-14(10-12)20-16(11-19-17(20)18)13-6-8-15(21-2)9-7-13/h3-10,16H,11H2,1-2H3,(H2,18,19). The summed E-state index contributed by atoms with van der Waals surface area (Å²) in [5.74, 6) is 1.43. The molecule has 0 saturated heterocycles. The van der Waals surface area contributed by atoms with Crippen LogP contribution in [0.1, 0.15) is 17.2 Å². The van der Waals surface area contributed by atoms with E-state index in [1.165, 1.54) is 11.1 Å². The van der Waals surface area contributed by atoms with Crippen LogP contribution in [-0.2, 0) is 0 Å². The molecule has 1 unspecified atom stereocenters. The number of hydrogen-bond acceptors (Lipinski definition) is 4. The molecule has 3 rings (SSSR count). The summed E-state index contributed by atoms with van der Waals surface area (Å²) >= 11 is 0. The molecule has 2 N–H and O–H groups in total. The number of rotatable bonds is 3.